The van der Waals surface area contributed by atoms with E-state index in [0.717, 1.165) is 36.4 Å². The van der Waals surface area contributed by atoms with Crippen LogP contribution in [0.15, 0.2) is 12.4 Å². The van der Waals surface area contributed by atoms with Crippen molar-refractivity contribution < 1.29 is 0 Å². The number of hydrogen-bond acceptors (Lipinski definition) is 4. The monoisotopic (exact) mass is 218 g/mol. The van der Waals surface area contributed by atoms with Crippen LogP contribution in [0.2, 0.25) is 0 Å². The Morgan fingerprint density at radius 2 is 2.06 bits per heavy atom. The molecule has 4 heteroatoms. The average Bonchev–Trinajstić information content (AvgIpc) is 2.75. The van der Waals surface area contributed by atoms with E-state index >= 15 is 0 Å². The van der Waals surface area contributed by atoms with Crippen LogP contribution in [-0.2, 0) is 0 Å². The van der Waals surface area contributed by atoms with Crippen LogP contribution in [0.4, 0.5) is 5.82 Å². The Hall–Kier alpha value is -1.16. The molecule has 0 bridgehead atoms. The lowest BCUT2D eigenvalue weighted by Crippen LogP contribution is -2.21. The van der Waals surface area contributed by atoms with Gasteiger partial charge in [-0.2, -0.15) is 0 Å². The molecule has 2 unspecified atom stereocenters. The minimum absolute atomic E-state index is 0.462. The highest BCUT2D eigenvalue weighted by atomic mass is 15.1. The van der Waals surface area contributed by atoms with Gasteiger partial charge in [-0.25, -0.2) is 9.97 Å². The average molecular weight is 218 g/mol. The molecule has 16 heavy (non-hydrogen) atoms. The molecule has 2 aliphatic rings. The van der Waals surface area contributed by atoms with Crippen molar-refractivity contribution in [1.82, 2.24) is 15.3 Å². The highest BCUT2D eigenvalue weighted by Gasteiger charge is 2.53. The van der Waals surface area contributed by atoms with Gasteiger partial charge in [0.1, 0.15) is 12.1 Å². The van der Waals surface area contributed by atoms with Crippen molar-refractivity contribution in [1.29, 1.82) is 0 Å². The first-order valence-corrected chi connectivity index (χ1v) is 6.05. The second kappa shape index (κ2) is 3.70. The molecule has 2 fully saturated rings. The second-order valence-electron chi connectivity index (χ2n) is 5.14. The topological polar surface area (TPSA) is 49.8 Å². The van der Waals surface area contributed by atoms with Crippen molar-refractivity contribution in [2.45, 2.75) is 25.8 Å². The number of hydrogen-bond donors (Lipinski definition) is 2. The molecule has 3 rings (SSSR count). The van der Waals surface area contributed by atoms with Crippen molar-refractivity contribution in [3.8, 4) is 0 Å². The molecular weight excluding hydrogens is 200 g/mol. The highest BCUT2D eigenvalue weighted by Crippen LogP contribution is 2.43. The summed E-state index contributed by atoms with van der Waals surface area (Å²) in [6, 6.07) is 2.71. The molecule has 0 aromatic carbocycles. The molecule has 0 spiro atoms. The summed E-state index contributed by atoms with van der Waals surface area (Å²) in [7, 11) is 0. The minimum Gasteiger partial charge on any atom is -0.367 e. The molecule has 1 aliphatic carbocycles. The van der Waals surface area contributed by atoms with Gasteiger partial charge in [0.15, 0.2) is 0 Å². The van der Waals surface area contributed by atoms with Gasteiger partial charge in [-0.15, -0.1) is 0 Å². The lowest BCUT2D eigenvalue weighted by molar-refractivity contribution is 0.694. The first-order chi connectivity index (χ1) is 7.75. The number of anilines is 1. The lowest BCUT2D eigenvalue weighted by Gasteiger charge is -2.10. The second-order valence-corrected chi connectivity index (χ2v) is 5.14. The molecule has 1 aliphatic heterocycles. The summed E-state index contributed by atoms with van der Waals surface area (Å²) in [5, 5.41) is 6.92. The molecular formula is C12H18N4. The fourth-order valence-corrected chi connectivity index (χ4v) is 2.57. The van der Waals surface area contributed by atoms with Gasteiger partial charge in [-0.3, -0.25) is 0 Å². The Balaban J connectivity index is 1.68. The van der Waals surface area contributed by atoms with Crippen LogP contribution in [0.5, 0.6) is 0 Å². The predicted molar refractivity (Wildman–Crippen MR) is 63.4 cm³/mol. The fourth-order valence-electron chi connectivity index (χ4n) is 2.57. The summed E-state index contributed by atoms with van der Waals surface area (Å²) < 4.78 is 0. The summed E-state index contributed by atoms with van der Waals surface area (Å²) in [5.74, 6) is 3.08. The maximum Gasteiger partial charge on any atom is 0.129 e. The standard InChI is InChI=1S/C12H18N4/c1-7(2)10-3-11(15-6-14-10)16-12-8-4-13-5-9(8)12/h3,6-9,12-13H,4-5H2,1-2H3,(H,14,15,16). The molecule has 1 saturated heterocycles. The van der Waals surface area contributed by atoms with Crippen LogP contribution in [0.25, 0.3) is 0 Å². The molecule has 1 aromatic rings. The van der Waals surface area contributed by atoms with E-state index in [1.54, 1.807) is 6.33 Å². The summed E-state index contributed by atoms with van der Waals surface area (Å²) in [6.45, 7) is 6.62. The number of fused-ring (bicyclic) bond motifs is 1. The van der Waals surface area contributed by atoms with Crippen LogP contribution < -0.4 is 10.6 Å². The predicted octanol–water partition coefficient (Wildman–Crippen LogP) is 1.23. The molecule has 1 aromatic heterocycles. The number of nitrogens with one attached hydrogen (secondary N) is 2. The lowest BCUT2D eigenvalue weighted by atomic mass is 10.1. The maximum absolute atomic E-state index is 4.29. The van der Waals surface area contributed by atoms with Crippen LogP contribution >= 0.6 is 0 Å². The summed E-state index contributed by atoms with van der Waals surface area (Å²) in [5.41, 5.74) is 1.11. The Labute approximate surface area is 95.9 Å². The first-order valence-electron chi connectivity index (χ1n) is 6.05. The van der Waals surface area contributed by atoms with Crippen molar-refractivity contribution in [2.24, 2.45) is 11.8 Å². The van der Waals surface area contributed by atoms with Gasteiger partial charge < -0.3 is 10.6 Å². The third-order valence-electron chi connectivity index (χ3n) is 3.69. The number of piperidine rings is 1. The minimum atomic E-state index is 0.462. The zero-order chi connectivity index (χ0) is 11.1. The number of nitrogens with zero attached hydrogens (tertiary/aromatic N) is 2. The Kier molecular flexibility index (Phi) is 2.32. The zero-order valence-electron chi connectivity index (χ0n) is 9.77. The smallest absolute Gasteiger partial charge is 0.129 e. The van der Waals surface area contributed by atoms with Gasteiger partial charge in [0.2, 0.25) is 0 Å². The molecule has 0 radical (unpaired) electrons. The molecule has 86 valence electrons. The van der Waals surface area contributed by atoms with E-state index < -0.39 is 0 Å². The fraction of sp³-hybridized carbons (Fsp3) is 0.667. The van der Waals surface area contributed by atoms with E-state index in [9.17, 15) is 0 Å². The van der Waals surface area contributed by atoms with E-state index in [0.29, 0.717) is 12.0 Å². The van der Waals surface area contributed by atoms with Crippen LogP contribution in [-0.4, -0.2) is 29.1 Å². The third kappa shape index (κ3) is 1.67. The number of rotatable bonds is 3. The Morgan fingerprint density at radius 3 is 2.75 bits per heavy atom. The maximum atomic E-state index is 4.29. The van der Waals surface area contributed by atoms with Crippen LogP contribution in [0.1, 0.15) is 25.5 Å². The van der Waals surface area contributed by atoms with Crippen molar-refractivity contribution in [2.75, 3.05) is 18.4 Å². The van der Waals surface area contributed by atoms with Gasteiger partial charge >= 0.3 is 0 Å². The van der Waals surface area contributed by atoms with Crippen molar-refractivity contribution >= 4 is 5.82 Å². The van der Waals surface area contributed by atoms with Gasteiger partial charge in [0, 0.05) is 30.9 Å². The zero-order valence-corrected chi connectivity index (χ0v) is 9.77. The van der Waals surface area contributed by atoms with Gasteiger partial charge in [0.05, 0.1) is 0 Å². The number of aromatic nitrogens is 2. The first kappa shape index (κ1) is 10.0. The quantitative estimate of drug-likeness (QED) is 0.801. The largest absolute Gasteiger partial charge is 0.367 e. The van der Waals surface area contributed by atoms with Crippen molar-refractivity contribution in [3.05, 3.63) is 18.1 Å². The third-order valence-corrected chi connectivity index (χ3v) is 3.69. The SMILES string of the molecule is CC(C)c1cc(NC2C3CNCC32)ncn1. The normalized spacial score (nSPS) is 31.6. The summed E-state index contributed by atoms with van der Waals surface area (Å²) >= 11 is 0. The van der Waals surface area contributed by atoms with E-state index in [4.69, 9.17) is 0 Å². The van der Waals surface area contributed by atoms with Crippen molar-refractivity contribution in [3.63, 3.8) is 0 Å². The van der Waals surface area contributed by atoms with E-state index in [1.807, 2.05) is 0 Å². The van der Waals surface area contributed by atoms with E-state index in [-0.39, 0.29) is 0 Å². The van der Waals surface area contributed by atoms with E-state index in [1.165, 1.54) is 0 Å². The molecule has 2 N–H and O–H groups in total. The highest BCUT2D eigenvalue weighted by molar-refractivity contribution is 5.40. The molecule has 4 nitrogen and oxygen atoms in total. The Bertz CT molecular complexity index is 380. The Morgan fingerprint density at radius 1 is 1.31 bits per heavy atom. The summed E-state index contributed by atoms with van der Waals surface area (Å²) in [6.07, 6.45) is 1.66. The molecule has 0 amide bonds. The van der Waals surface area contributed by atoms with Gasteiger partial charge in [0.25, 0.3) is 0 Å². The van der Waals surface area contributed by atoms with Gasteiger partial charge in [-0.1, -0.05) is 13.8 Å². The molecule has 2 atom stereocenters. The van der Waals surface area contributed by atoms with Crippen LogP contribution in [0.3, 0.4) is 0 Å². The van der Waals surface area contributed by atoms with Crippen LogP contribution in [0, 0.1) is 11.8 Å². The van der Waals surface area contributed by atoms with E-state index in [2.05, 4.69) is 40.5 Å². The molecule has 2 heterocycles. The van der Waals surface area contributed by atoms with Gasteiger partial charge in [-0.05, 0) is 17.8 Å². The summed E-state index contributed by atoms with van der Waals surface area (Å²) in [4.78, 5) is 8.56. The molecule has 1 saturated carbocycles.